The molecule has 0 bridgehead atoms. The smallest absolute Gasteiger partial charge is 0.408 e. The number of rotatable bonds is 9. The fourth-order valence-electron chi connectivity index (χ4n) is 6.52. The Morgan fingerprint density at radius 2 is 1.80 bits per heavy atom. The number of sulfonamides is 1. The lowest BCUT2D eigenvalue weighted by atomic mass is 9.96. The van der Waals surface area contributed by atoms with Gasteiger partial charge in [-0.1, -0.05) is 30.1 Å². The summed E-state index contributed by atoms with van der Waals surface area (Å²) in [4.78, 5) is 61.8. The van der Waals surface area contributed by atoms with E-state index in [4.69, 9.17) is 14.3 Å². The largest absolute Gasteiger partial charge is 0.497 e. The molecule has 1 aromatic carbocycles. The monoisotopic (exact) mass is 699 g/mol. The molecule has 266 valence electrons. The summed E-state index contributed by atoms with van der Waals surface area (Å²) in [6.07, 6.45) is 10.9. The predicted octanol–water partition coefficient (Wildman–Crippen LogP) is 2.67. The van der Waals surface area contributed by atoms with E-state index in [1.807, 2.05) is 12.2 Å². The van der Waals surface area contributed by atoms with E-state index in [9.17, 15) is 27.6 Å². The highest BCUT2D eigenvalue weighted by molar-refractivity contribution is 7.91. The van der Waals surface area contributed by atoms with Crippen LogP contribution in [0.2, 0.25) is 0 Å². The van der Waals surface area contributed by atoms with E-state index in [0.29, 0.717) is 37.9 Å². The van der Waals surface area contributed by atoms with Gasteiger partial charge in [0, 0.05) is 12.3 Å². The fraction of sp³-hybridized carbons (Fsp3) is 0.618. The molecule has 3 N–H and O–H groups in total. The molecule has 3 aliphatic carbocycles. The summed E-state index contributed by atoms with van der Waals surface area (Å²) in [5, 5.41) is 9.10. The number of methoxy groups -OCH3 is 1. The van der Waals surface area contributed by atoms with Crippen molar-refractivity contribution >= 4 is 40.1 Å². The van der Waals surface area contributed by atoms with Gasteiger partial charge in [-0.15, -0.1) is 0 Å². The highest BCUT2D eigenvalue weighted by Gasteiger charge is 2.62. The molecule has 4 fully saturated rings. The van der Waals surface area contributed by atoms with Crippen molar-refractivity contribution in [3.8, 4) is 5.75 Å². The van der Waals surface area contributed by atoms with Crippen LogP contribution in [0.4, 0.5) is 4.79 Å². The SMILES string of the molecule is COc1ccc(/C=N/O[C@@H]2C[C@H]3C(=O)N[C@@]4(C(=O)NS(=O)(=O)C5CC5)C[C@H]4/C=C\CCCCC[C@H](NC(=O)OC4CCC4)C(=O)N3C2)cc1. The molecule has 0 radical (unpaired) electrons. The van der Waals surface area contributed by atoms with Gasteiger partial charge in [0.25, 0.3) is 5.91 Å². The van der Waals surface area contributed by atoms with E-state index >= 15 is 0 Å². The van der Waals surface area contributed by atoms with Gasteiger partial charge < -0.3 is 29.8 Å². The number of carbonyl (C=O) groups excluding carboxylic acids is 4. The zero-order chi connectivity index (χ0) is 34.6. The van der Waals surface area contributed by atoms with Crippen molar-refractivity contribution in [2.45, 2.75) is 112 Å². The van der Waals surface area contributed by atoms with Gasteiger partial charge in [0.05, 0.1) is 25.1 Å². The molecule has 5 atom stereocenters. The predicted molar refractivity (Wildman–Crippen MR) is 178 cm³/mol. The molecular formula is C34H45N5O9S. The van der Waals surface area contributed by atoms with Crippen LogP contribution in [0.15, 0.2) is 41.6 Å². The molecule has 1 saturated heterocycles. The highest BCUT2D eigenvalue weighted by atomic mass is 32.2. The summed E-state index contributed by atoms with van der Waals surface area (Å²) in [5.41, 5.74) is -0.723. The topological polar surface area (TPSA) is 182 Å². The first-order valence-corrected chi connectivity index (χ1v) is 18.8. The van der Waals surface area contributed by atoms with E-state index in [1.165, 1.54) is 11.1 Å². The molecule has 5 aliphatic rings. The molecule has 0 spiro atoms. The number of ether oxygens (including phenoxy) is 2. The standard InChI is InChI=1S/C34H45N5O9S/c1-46-24-14-12-22(13-15-24)20-35-48-26-18-29-30(40)37-34(32(42)38-49(44,45)27-16-17-27)19-23(34)8-5-3-2-4-6-11-28(31(41)39(29)21-26)36-33(43)47-25-9-7-10-25/h5,8,12-15,20,23,25-29H,2-4,6-7,9-11,16-19,21H2,1H3,(H,36,43)(H,37,40)(H,38,42)/b8-5-,35-20+/t23-,26-,28+,29+,34+/m1/s1. The molecule has 0 aromatic heterocycles. The average molecular weight is 700 g/mol. The third kappa shape index (κ3) is 8.36. The van der Waals surface area contributed by atoms with E-state index in [1.54, 1.807) is 31.4 Å². The molecule has 49 heavy (non-hydrogen) atoms. The third-order valence-electron chi connectivity index (χ3n) is 9.99. The lowest BCUT2D eigenvalue weighted by Crippen LogP contribution is -2.58. The second-order valence-electron chi connectivity index (χ2n) is 13.6. The zero-order valence-electron chi connectivity index (χ0n) is 27.7. The molecular weight excluding hydrogens is 654 g/mol. The number of benzene rings is 1. The molecule has 3 saturated carbocycles. The van der Waals surface area contributed by atoms with E-state index < -0.39 is 68.7 Å². The Hall–Kier alpha value is -4.14. The second kappa shape index (κ2) is 14.8. The second-order valence-corrected chi connectivity index (χ2v) is 15.6. The lowest BCUT2D eigenvalue weighted by Gasteiger charge is -2.30. The quantitative estimate of drug-likeness (QED) is 0.198. The summed E-state index contributed by atoms with van der Waals surface area (Å²) >= 11 is 0. The van der Waals surface area contributed by atoms with Crippen LogP contribution in [0, 0.1) is 5.92 Å². The van der Waals surface area contributed by atoms with E-state index in [0.717, 1.165) is 37.7 Å². The number of fused-ring (bicyclic) bond motifs is 2. The van der Waals surface area contributed by atoms with Crippen LogP contribution in [0.3, 0.4) is 0 Å². The van der Waals surface area contributed by atoms with Gasteiger partial charge in [-0.05, 0) is 87.6 Å². The number of allylic oxidation sites excluding steroid dienone is 1. The van der Waals surface area contributed by atoms with Crippen molar-refractivity contribution in [3.05, 3.63) is 42.0 Å². The Kier molecular flexibility index (Phi) is 10.5. The normalized spacial score (nSPS) is 30.0. The molecule has 2 aliphatic heterocycles. The third-order valence-corrected chi connectivity index (χ3v) is 11.8. The number of amides is 4. The highest BCUT2D eigenvalue weighted by Crippen LogP contribution is 2.46. The Morgan fingerprint density at radius 3 is 2.49 bits per heavy atom. The average Bonchev–Trinajstić information content (AvgIpc) is 3.98. The summed E-state index contributed by atoms with van der Waals surface area (Å²) < 4.78 is 38.3. The summed E-state index contributed by atoms with van der Waals surface area (Å²) in [7, 11) is -2.29. The van der Waals surface area contributed by atoms with Crippen LogP contribution in [-0.4, -0.2) is 92.1 Å². The maximum absolute atomic E-state index is 14.2. The van der Waals surface area contributed by atoms with Crippen molar-refractivity contribution in [3.63, 3.8) is 0 Å². The first-order valence-electron chi connectivity index (χ1n) is 17.2. The number of alkyl carbamates (subject to hydrolysis) is 1. The van der Waals surface area contributed by atoms with Crippen molar-refractivity contribution in [1.29, 1.82) is 0 Å². The number of carbonyl (C=O) groups is 4. The van der Waals surface area contributed by atoms with Gasteiger partial charge in [0.1, 0.15) is 35.6 Å². The maximum Gasteiger partial charge on any atom is 0.408 e. The molecule has 2 heterocycles. The molecule has 15 heteroatoms. The number of oxime groups is 1. The van der Waals surface area contributed by atoms with Gasteiger partial charge >= 0.3 is 6.09 Å². The van der Waals surface area contributed by atoms with Crippen molar-refractivity contribution < 1.29 is 41.9 Å². The Bertz CT molecular complexity index is 1570. The van der Waals surface area contributed by atoms with Crippen LogP contribution in [0.25, 0.3) is 0 Å². The molecule has 4 amide bonds. The molecule has 1 aromatic rings. The van der Waals surface area contributed by atoms with Crippen molar-refractivity contribution in [2.75, 3.05) is 13.7 Å². The van der Waals surface area contributed by atoms with Gasteiger partial charge in [-0.25, -0.2) is 13.2 Å². The van der Waals surface area contributed by atoms with Crippen LogP contribution >= 0.6 is 0 Å². The Morgan fingerprint density at radius 1 is 1.02 bits per heavy atom. The van der Waals surface area contributed by atoms with Crippen LogP contribution in [0.1, 0.15) is 82.6 Å². The van der Waals surface area contributed by atoms with Crippen LogP contribution in [-0.2, 0) is 34.0 Å². The van der Waals surface area contributed by atoms with Crippen LogP contribution < -0.4 is 20.1 Å². The van der Waals surface area contributed by atoms with E-state index in [2.05, 4.69) is 20.5 Å². The maximum atomic E-state index is 14.2. The molecule has 14 nitrogen and oxygen atoms in total. The van der Waals surface area contributed by atoms with E-state index in [-0.39, 0.29) is 25.5 Å². The zero-order valence-corrected chi connectivity index (χ0v) is 28.5. The summed E-state index contributed by atoms with van der Waals surface area (Å²) in [5.74, 6) is -1.58. The number of hydrogen-bond acceptors (Lipinski definition) is 10. The summed E-state index contributed by atoms with van der Waals surface area (Å²) in [6.45, 7) is 0.00527. The first-order chi connectivity index (χ1) is 23.6. The summed E-state index contributed by atoms with van der Waals surface area (Å²) in [6, 6.07) is 5.15. The Labute approximate surface area is 286 Å². The van der Waals surface area contributed by atoms with Crippen molar-refractivity contribution in [2.24, 2.45) is 11.1 Å². The first kappa shape index (κ1) is 34.7. The minimum atomic E-state index is -3.86. The minimum Gasteiger partial charge on any atom is -0.497 e. The lowest BCUT2D eigenvalue weighted by molar-refractivity contribution is -0.141. The number of hydrogen-bond donors (Lipinski definition) is 3. The Balaban J connectivity index is 1.23. The fourth-order valence-corrected chi connectivity index (χ4v) is 7.89. The van der Waals surface area contributed by atoms with Gasteiger partial charge in [0.15, 0.2) is 0 Å². The number of nitrogens with zero attached hydrogens (tertiary/aromatic N) is 2. The van der Waals surface area contributed by atoms with Crippen LogP contribution in [0.5, 0.6) is 5.75 Å². The van der Waals surface area contributed by atoms with Gasteiger partial charge in [-0.3, -0.25) is 19.1 Å². The van der Waals surface area contributed by atoms with Gasteiger partial charge in [0.2, 0.25) is 21.8 Å². The van der Waals surface area contributed by atoms with Gasteiger partial charge in [-0.2, -0.15) is 0 Å². The number of nitrogens with one attached hydrogen (secondary N) is 3. The molecule has 6 rings (SSSR count). The minimum absolute atomic E-state index is 0.00527. The molecule has 0 unspecified atom stereocenters. The van der Waals surface area contributed by atoms with Crippen molar-refractivity contribution in [1.82, 2.24) is 20.3 Å².